The van der Waals surface area contributed by atoms with Gasteiger partial charge in [-0.2, -0.15) is 0 Å². The zero-order chi connectivity index (χ0) is 19.3. The number of hydrogen-bond acceptors (Lipinski definition) is 7. The van der Waals surface area contributed by atoms with E-state index in [2.05, 4.69) is 5.32 Å². The van der Waals surface area contributed by atoms with Crippen LogP contribution in [0.1, 0.15) is 10.4 Å². The summed E-state index contributed by atoms with van der Waals surface area (Å²) in [5.74, 6) is 0.642. The van der Waals surface area contributed by atoms with E-state index in [0.717, 1.165) is 6.07 Å². The summed E-state index contributed by atoms with van der Waals surface area (Å²) in [5, 5.41) is 13.7. The second-order valence-electron chi connectivity index (χ2n) is 5.01. The number of hydrogen-bond donors (Lipinski definition) is 1. The Morgan fingerprint density at radius 3 is 1.96 bits per heavy atom. The Morgan fingerprint density at radius 1 is 0.923 bits per heavy atom. The van der Waals surface area contributed by atoms with Crippen LogP contribution in [0.25, 0.3) is 0 Å². The van der Waals surface area contributed by atoms with Crippen molar-refractivity contribution in [2.75, 3.05) is 33.8 Å². The van der Waals surface area contributed by atoms with Gasteiger partial charge < -0.3 is 24.3 Å². The van der Waals surface area contributed by atoms with Crippen molar-refractivity contribution < 1.29 is 28.7 Å². The first-order chi connectivity index (χ1) is 12.4. The van der Waals surface area contributed by atoms with Crippen molar-refractivity contribution in [3.8, 4) is 23.0 Å². The molecule has 2 aromatic rings. The number of ether oxygens (including phenoxy) is 4. The van der Waals surface area contributed by atoms with Crippen LogP contribution >= 0.6 is 0 Å². The monoisotopic (exact) mass is 362 g/mol. The van der Waals surface area contributed by atoms with Gasteiger partial charge in [-0.1, -0.05) is 0 Å². The summed E-state index contributed by atoms with van der Waals surface area (Å²) in [5.41, 5.74) is 0.180. The number of methoxy groups -OCH3 is 4. The first-order valence-electron chi connectivity index (χ1n) is 7.39. The number of carbonyl (C=O) groups excluding carboxylic acids is 1. The maximum Gasteiger partial charge on any atom is 0.311 e. The lowest BCUT2D eigenvalue weighted by molar-refractivity contribution is -0.385. The Labute approximate surface area is 149 Å². The normalized spacial score (nSPS) is 10.0. The van der Waals surface area contributed by atoms with Crippen molar-refractivity contribution in [1.29, 1.82) is 0 Å². The van der Waals surface area contributed by atoms with Gasteiger partial charge in [-0.3, -0.25) is 14.9 Å². The largest absolute Gasteiger partial charge is 0.493 e. The molecule has 138 valence electrons. The van der Waals surface area contributed by atoms with Crippen molar-refractivity contribution in [3.63, 3.8) is 0 Å². The van der Waals surface area contributed by atoms with Crippen LogP contribution in [-0.2, 0) is 0 Å². The van der Waals surface area contributed by atoms with Gasteiger partial charge in [0.15, 0.2) is 17.2 Å². The number of nitro benzene ring substituents is 1. The van der Waals surface area contributed by atoms with E-state index in [-0.39, 0.29) is 17.0 Å². The van der Waals surface area contributed by atoms with Gasteiger partial charge in [0.05, 0.1) is 33.4 Å². The quantitative estimate of drug-likeness (QED) is 0.596. The lowest BCUT2D eigenvalue weighted by Crippen LogP contribution is -2.12. The molecule has 0 radical (unpaired) electrons. The molecule has 26 heavy (non-hydrogen) atoms. The van der Waals surface area contributed by atoms with Crippen molar-refractivity contribution in [1.82, 2.24) is 0 Å². The molecule has 0 saturated carbocycles. The van der Waals surface area contributed by atoms with Crippen LogP contribution in [0, 0.1) is 10.1 Å². The topological polar surface area (TPSA) is 109 Å². The predicted molar refractivity (Wildman–Crippen MR) is 93.7 cm³/mol. The number of nitrogens with zero attached hydrogens (tertiary/aromatic N) is 1. The fourth-order valence-electron chi connectivity index (χ4n) is 2.33. The minimum atomic E-state index is -0.616. The van der Waals surface area contributed by atoms with E-state index in [1.807, 2.05) is 0 Å². The number of amides is 1. The summed E-state index contributed by atoms with van der Waals surface area (Å²) in [7, 11) is 5.69. The Balaban J connectivity index is 2.35. The third-order valence-electron chi connectivity index (χ3n) is 3.56. The first kappa shape index (κ1) is 18.8. The number of benzene rings is 2. The van der Waals surface area contributed by atoms with E-state index in [9.17, 15) is 14.9 Å². The molecule has 9 nitrogen and oxygen atoms in total. The zero-order valence-corrected chi connectivity index (χ0v) is 14.7. The smallest absolute Gasteiger partial charge is 0.311 e. The van der Waals surface area contributed by atoms with Gasteiger partial charge in [0, 0.05) is 29.4 Å². The van der Waals surface area contributed by atoms with Gasteiger partial charge >= 0.3 is 5.69 Å². The van der Waals surface area contributed by atoms with Crippen molar-refractivity contribution in [2.45, 2.75) is 0 Å². The molecular formula is C17H18N2O7. The van der Waals surface area contributed by atoms with Crippen LogP contribution in [-0.4, -0.2) is 39.3 Å². The highest BCUT2D eigenvalue weighted by Gasteiger charge is 2.19. The average molecular weight is 362 g/mol. The third kappa shape index (κ3) is 3.77. The average Bonchev–Trinajstić information content (AvgIpc) is 2.66. The van der Waals surface area contributed by atoms with E-state index in [1.54, 1.807) is 12.1 Å². The summed E-state index contributed by atoms with van der Waals surface area (Å²) in [6.07, 6.45) is 0. The molecule has 0 heterocycles. The van der Waals surface area contributed by atoms with E-state index in [0.29, 0.717) is 22.9 Å². The standard InChI is InChI=1S/C17H18N2O7/c1-23-13-6-5-10(7-12(13)19(21)22)17(20)18-11-8-14(24-2)16(26-4)15(9-11)25-3/h5-9H,1-4H3,(H,18,20). The lowest BCUT2D eigenvalue weighted by Gasteiger charge is -2.14. The second-order valence-corrected chi connectivity index (χ2v) is 5.01. The molecule has 0 atom stereocenters. The number of anilines is 1. The molecule has 1 amide bonds. The minimum absolute atomic E-state index is 0.0688. The molecule has 0 aliphatic rings. The fraction of sp³-hybridized carbons (Fsp3) is 0.235. The van der Waals surface area contributed by atoms with Crippen LogP contribution in [0.3, 0.4) is 0 Å². The molecule has 0 bridgehead atoms. The molecule has 0 aromatic heterocycles. The maximum absolute atomic E-state index is 12.5. The van der Waals surface area contributed by atoms with Crippen LogP contribution in [0.2, 0.25) is 0 Å². The molecule has 0 aliphatic carbocycles. The van der Waals surface area contributed by atoms with Crippen molar-refractivity contribution >= 4 is 17.3 Å². The minimum Gasteiger partial charge on any atom is -0.493 e. The Morgan fingerprint density at radius 2 is 1.50 bits per heavy atom. The molecule has 2 aromatic carbocycles. The van der Waals surface area contributed by atoms with Gasteiger partial charge in [-0.25, -0.2) is 0 Å². The predicted octanol–water partition coefficient (Wildman–Crippen LogP) is 2.88. The molecule has 0 spiro atoms. The first-order valence-corrected chi connectivity index (χ1v) is 7.39. The third-order valence-corrected chi connectivity index (χ3v) is 3.56. The molecule has 0 fully saturated rings. The number of nitro groups is 1. The summed E-state index contributed by atoms with van der Waals surface area (Å²) in [4.78, 5) is 22.9. The lowest BCUT2D eigenvalue weighted by atomic mass is 10.1. The molecule has 0 unspecified atom stereocenters. The van der Waals surface area contributed by atoms with E-state index in [1.165, 1.54) is 40.6 Å². The SMILES string of the molecule is COc1ccc(C(=O)Nc2cc(OC)c(OC)c(OC)c2)cc1[N+](=O)[O-]. The maximum atomic E-state index is 12.5. The molecule has 0 saturated heterocycles. The molecule has 2 rings (SSSR count). The Hall–Kier alpha value is -3.49. The summed E-state index contributed by atoms with van der Waals surface area (Å²) >= 11 is 0. The van der Waals surface area contributed by atoms with E-state index >= 15 is 0 Å². The molecule has 0 aliphatic heterocycles. The Kier molecular flexibility index (Phi) is 5.84. The van der Waals surface area contributed by atoms with Crippen LogP contribution < -0.4 is 24.3 Å². The van der Waals surface area contributed by atoms with Crippen molar-refractivity contribution in [2.24, 2.45) is 0 Å². The van der Waals surface area contributed by atoms with Gasteiger partial charge in [0.2, 0.25) is 5.75 Å². The van der Waals surface area contributed by atoms with Gasteiger partial charge in [-0.05, 0) is 12.1 Å². The summed E-state index contributed by atoms with van der Waals surface area (Å²) in [6, 6.07) is 7.04. The Bertz CT molecular complexity index is 811. The fourth-order valence-corrected chi connectivity index (χ4v) is 2.33. The summed E-state index contributed by atoms with van der Waals surface area (Å²) < 4.78 is 20.6. The van der Waals surface area contributed by atoms with E-state index in [4.69, 9.17) is 18.9 Å². The highest BCUT2D eigenvalue weighted by atomic mass is 16.6. The highest BCUT2D eigenvalue weighted by Crippen LogP contribution is 2.40. The number of nitrogens with one attached hydrogen (secondary N) is 1. The number of rotatable bonds is 7. The second kappa shape index (κ2) is 8.06. The van der Waals surface area contributed by atoms with Crippen molar-refractivity contribution in [3.05, 3.63) is 46.0 Å². The highest BCUT2D eigenvalue weighted by molar-refractivity contribution is 6.05. The number of carbonyl (C=O) groups is 1. The van der Waals surface area contributed by atoms with Crippen LogP contribution in [0.15, 0.2) is 30.3 Å². The van der Waals surface area contributed by atoms with Crippen LogP contribution in [0.4, 0.5) is 11.4 Å². The zero-order valence-electron chi connectivity index (χ0n) is 14.7. The van der Waals surface area contributed by atoms with Gasteiger partial charge in [0.25, 0.3) is 5.91 Å². The van der Waals surface area contributed by atoms with Gasteiger partial charge in [0.1, 0.15) is 0 Å². The van der Waals surface area contributed by atoms with E-state index < -0.39 is 10.8 Å². The molecule has 1 N–H and O–H groups in total. The van der Waals surface area contributed by atoms with Gasteiger partial charge in [-0.15, -0.1) is 0 Å². The van der Waals surface area contributed by atoms with Crippen LogP contribution in [0.5, 0.6) is 23.0 Å². The molecular weight excluding hydrogens is 344 g/mol. The molecule has 9 heteroatoms. The summed E-state index contributed by atoms with van der Waals surface area (Å²) in [6.45, 7) is 0.